The fraction of sp³-hybridized carbons (Fsp3) is 1.00. The molecule has 6 nitrogen and oxygen atoms in total. The fourth-order valence-electron chi connectivity index (χ4n) is 1.33. The monoisotopic (exact) mass is 223 g/mol. The molecule has 0 bridgehead atoms. The number of hydrogen-bond donors (Lipinski definition) is 2. The zero-order chi connectivity index (χ0) is 10.6. The Labute approximate surface area is 84.7 Å². The van der Waals surface area contributed by atoms with Gasteiger partial charge in [0, 0.05) is 39.8 Å². The van der Waals surface area contributed by atoms with Crippen molar-refractivity contribution >= 4 is 10.2 Å². The molecule has 7 heteroatoms. The molecule has 0 saturated carbocycles. The molecule has 84 valence electrons. The minimum atomic E-state index is -3.36. The zero-order valence-corrected chi connectivity index (χ0v) is 9.13. The highest BCUT2D eigenvalue weighted by atomic mass is 32.2. The van der Waals surface area contributed by atoms with Gasteiger partial charge in [0.25, 0.3) is 10.2 Å². The smallest absolute Gasteiger partial charge is 0.281 e. The normalized spacial score (nSPS) is 20.2. The summed E-state index contributed by atoms with van der Waals surface area (Å²) in [4.78, 5) is 0. The van der Waals surface area contributed by atoms with Gasteiger partial charge in [0.15, 0.2) is 0 Å². The predicted octanol–water partition coefficient (Wildman–Crippen LogP) is -1.94. The predicted molar refractivity (Wildman–Crippen MR) is 53.1 cm³/mol. The Hall–Kier alpha value is -0.210. The average Bonchev–Trinajstić information content (AvgIpc) is 2.19. The lowest BCUT2D eigenvalue weighted by Crippen LogP contribution is -2.51. The van der Waals surface area contributed by atoms with Crippen molar-refractivity contribution in [1.29, 1.82) is 0 Å². The van der Waals surface area contributed by atoms with E-state index in [1.165, 1.54) is 15.7 Å². The van der Waals surface area contributed by atoms with Crippen LogP contribution in [0.15, 0.2) is 0 Å². The van der Waals surface area contributed by atoms with Gasteiger partial charge in [-0.3, -0.25) is 0 Å². The van der Waals surface area contributed by atoms with Crippen molar-refractivity contribution in [1.82, 2.24) is 13.9 Å². The molecule has 1 saturated heterocycles. The van der Waals surface area contributed by atoms with Crippen molar-refractivity contribution in [3.8, 4) is 0 Å². The van der Waals surface area contributed by atoms with Crippen molar-refractivity contribution in [3.05, 3.63) is 0 Å². The van der Waals surface area contributed by atoms with Crippen molar-refractivity contribution in [3.63, 3.8) is 0 Å². The zero-order valence-electron chi connectivity index (χ0n) is 8.31. The quantitative estimate of drug-likeness (QED) is 0.581. The third-order valence-electron chi connectivity index (χ3n) is 2.21. The largest absolute Gasteiger partial charge is 0.395 e. The average molecular weight is 223 g/mol. The lowest BCUT2D eigenvalue weighted by atomic mass is 10.4. The van der Waals surface area contributed by atoms with Crippen LogP contribution in [0.25, 0.3) is 0 Å². The van der Waals surface area contributed by atoms with Crippen molar-refractivity contribution in [2.24, 2.45) is 0 Å². The van der Waals surface area contributed by atoms with Crippen molar-refractivity contribution < 1.29 is 13.5 Å². The molecule has 0 aromatic carbocycles. The number of rotatable bonds is 4. The maximum Gasteiger partial charge on any atom is 0.281 e. The second kappa shape index (κ2) is 5.04. The molecular formula is C7H17N3O3S. The molecular weight excluding hydrogens is 206 g/mol. The first-order valence-corrected chi connectivity index (χ1v) is 6.01. The summed E-state index contributed by atoms with van der Waals surface area (Å²) in [7, 11) is -1.88. The number of likely N-dealkylation sites (N-methyl/N-ethyl adjacent to an activating group) is 1. The van der Waals surface area contributed by atoms with E-state index in [9.17, 15) is 8.42 Å². The van der Waals surface area contributed by atoms with Gasteiger partial charge < -0.3 is 10.4 Å². The summed E-state index contributed by atoms with van der Waals surface area (Å²) in [5.41, 5.74) is 0. The van der Waals surface area contributed by atoms with Crippen LogP contribution < -0.4 is 5.32 Å². The van der Waals surface area contributed by atoms with E-state index in [2.05, 4.69) is 5.32 Å². The Morgan fingerprint density at radius 1 is 1.43 bits per heavy atom. The van der Waals surface area contributed by atoms with Gasteiger partial charge in [-0.05, 0) is 0 Å². The number of nitrogens with one attached hydrogen (secondary N) is 1. The van der Waals surface area contributed by atoms with Crippen LogP contribution >= 0.6 is 0 Å². The van der Waals surface area contributed by atoms with E-state index in [1.807, 2.05) is 0 Å². The Balaban J connectivity index is 2.62. The molecule has 0 spiro atoms. The minimum absolute atomic E-state index is 0.145. The minimum Gasteiger partial charge on any atom is -0.395 e. The van der Waals surface area contributed by atoms with Gasteiger partial charge in [-0.1, -0.05) is 0 Å². The lowest BCUT2D eigenvalue weighted by Gasteiger charge is -2.30. The first kappa shape index (κ1) is 11.9. The number of aliphatic hydroxyl groups excluding tert-OH is 1. The van der Waals surface area contributed by atoms with Gasteiger partial charge in [-0.15, -0.1) is 0 Å². The van der Waals surface area contributed by atoms with Crippen LogP contribution in [-0.2, 0) is 10.2 Å². The van der Waals surface area contributed by atoms with Crippen molar-refractivity contribution in [2.45, 2.75) is 0 Å². The maximum absolute atomic E-state index is 11.8. The summed E-state index contributed by atoms with van der Waals surface area (Å²) in [5.74, 6) is 0. The van der Waals surface area contributed by atoms with Gasteiger partial charge in [-0.25, -0.2) is 0 Å². The number of hydrogen-bond acceptors (Lipinski definition) is 4. The maximum atomic E-state index is 11.8. The summed E-state index contributed by atoms with van der Waals surface area (Å²) in [6.45, 7) is 2.36. The number of nitrogens with zero attached hydrogens (tertiary/aromatic N) is 2. The van der Waals surface area contributed by atoms with Crippen molar-refractivity contribution in [2.75, 3.05) is 46.4 Å². The molecule has 14 heavy (non-hydrogen) atoms. The molecule has 0 aromatic rings. The molecule has 1 rings (SSSR count). The summed E-state index contributed by atoms with van der Waals surface area (Å²) in [6, 6.07) is 0. The molecule has 1 heterocycles. The highest BCUT2D eigenvalue weighted by molar-refractivity contribution is 7.86. The second-order valence-corrected chi connectivity index (χ2v) is 5.24. The van der Waals surface area contributed by atoms with Crippen LogP contribution in [0.5, 0.6) is 0 Å². The second-order valence-electron chi connectivity index (χ2n) is 3.20. The molecule has 1 fully saturated rings. The highest BCUT2D eigenvalue weighted by Crippen LogP contribution is 2.06. The van der Waals surface area contributed by atoms with E-state index in [1.54, 1.807) is 0 Å². The third kappa shape index (κ3) is 2.64. The van der Waals surface area contributed by atoms with Crippen LogP contribution in [0.2, 0.25) is 0 Å². The van der Waals surface area contributed by atoms with E-state index in [0.717, 1.165) is 0 Å². The first-order valence-electron chi connectivity index (χ1n) is 4.62. The Morgan fingerprint density at radius 3 is 2.50 bits per heavy atom. The van der Waals surface area contributed by atoms with E-state index >= 15 is 0 Å². The number of piperazine rings is 1. The van der Waals surface area contributed by atoms with Gasteiger partial charge in [0.1, 0.15) is 0 Å². The van der Waals surface area contributed by atoms with Gasteiger partial charge in [0.05, 0.1) is 6.61 Å². The molecule has 0 aromatic heterocycles. The molecule has 0 radical (unpaired) electrons. The number of aliphatic hydroxyl groups is 1. The lowest BCUT2D eigenvalue weighted by molar-refractivity contribution is 0.254. The van der Waals surface area contributed by atoms with E-state index in [-0.39, 0.29) is 13.2 Å². The van der Waals surface area contributed by atoms with Crippen LogP contribution in [-0.4, -0.2) is 68.5 Å². The summed E-state index contributed by atoms with van der Waals surface area (Å²) in [6.07, 6.45) is 0. The Morgan fingerprint density at radius 2 is 2.00 bits per heavy atom. The first-order chi connectivity index (χ1) is 6.59. The fourth-order valence-corrected chi connectivity index (χ4v) is 2.68. The van der Waals surface area contributed by atoms with Crippen LogP contribution in [0, 0.1) is 0 Å². The Kier molecular flexibility index (Phi) is 4.27. The van der Waals surface area contributed by atoms with Crippen LogP contribution in [0.4, 0.5) is 0 Å². The molecule has 0 aliphatic carbocycles. The van der Waals surface area contributed by atoms with Gasteiger partial charge in [0.2, 0.25) is 0 Å². The molecule has 0 amide bonds. The third-order valence-corrected chi connectivity index (χ3v) is 4.20. The molecule has 2 N–H and O–H groups in total. The Bertz CT molecular complexity index is 261. The van der Waals surface area contributed by atoms with E-state index < -0.39 is 10.2 Å². The highest BCUT2D eigenvalue weighted by Gasteiger charge is 2.27. The molecule has 1 aliphatic heterocycles. The van der Waals surface area contributed by atoms with Gasteiger partial charge >= 0.3 is 0 Å². The summed E-state index contributed by atoms with van der Waals surface area (Å²) in [5, 5.41) is 11.7. The molecule has 1 aliphatic rings. The standard InChI is InChI=1S/C7H17N3O3S/c1-9(6-7-11)14(12,13)10-4-2-8-3-5-10/h8,11H,2-7H2,1H3. The van der Waals surface area contributed by atoms with Gasteiger partial charge in [-0.2, -0.15) is 17.0 Å². The SMILES string of the molecule is CN(CCO)S(=O)(=O)N1CCNCC1. The topological polar surface area (TPSA) is 72.9 Å². The molecule has 0 unspecified atom stereocenters. The van der Waals surface area contributed by atoms with E-state index in [4.69, 9.17) is 5.11 Å². The van der Waals surface area contributed by atoms with Crippen LogP contribution in [0.3, 0.4) is 0 Å². The van der Waals surface area contributed by atoms with E-state index in [0.29, 0.717) is 26.2 Å². The summed E-state index contributed by atoms with van der Waals surface area (Å²) >= 11 is 0. The van der Waals surface area contributed by atoms with Crippen LogP contribution in [0.1, 0.15) is 0 Å². The summed E-state index contributed by atoms with van der Waals surface area (Å²) < 4.78 is 26.2. The molecule has 0 atom stereocenters.